The smallest absolute Gasteiger partial charge is 0.126 e. The van der Waals surface area contributed by atoms with E-state index >= 15 is 0 Å². The predicted octanol–water partition coefficient (Wildman–Crippen LogP) is 4.22. The largest absolute Gasteiger partial charge is 0.396 e. The normalized spacial score (nSPS) is 13.6. The minimum atomic E-state index is -0.588. The first kappa shape index (κ1) is 18.1. The molecule has 1 rings (SSSR count). The summed E-state index contributed by atoms with van der Waals surface area (Å²) in [5, 5.41) is 17.1. The van der Waals surface area contributed by atoms with E-state index in [2.05, 4.69) is 25.7 Å². The molecule has 1 atom stereocenters. The molecular weight excluding hydrogens is 240 g/mol. The molecule has 0 aliphatic heterocycles. The molecular formula is C16H28O3. The lowest BCUT2D eigenvalue weighted by molar-refractivity contribution is -0.327. The Morgan fingerprint density at radius 3 is 2.11 bits per heavy atom. The van der Waals surface area contributed by atoms with Crippen molar-refractivity contribution in [2.45, 2.75) is 52.6 Å². The van der Waals surface area contributed by atoms with E-state index in [0.29, 0.717) is 12.5 Å². The van der Waals surface area contributed by atoms with Crippen LogP contribution in [0.3, 0.4) is 0 Å². The van der Waals surface area contributed by atoms with Gasteiger partial charge in [-0.25, -0.2) is 4.89 Å². The Labute approximate surface area is 117 Å². The summed E-state index contributed by atoms with van der Waals surface area (Å²) < 4.78 is 0. The van der Waals surface area contributed by atoms with Crippen molar-refractivity contribution < 1.29 is 15.3 Å². The van der Waals surface area contributed by atoms with Gasteiger partial charge < -0.3 is 5.11 Å². The van der Waals surface area contributed by atoms with E-state index < -0.39 is 5.60 Å². The van der Waals surface area contributed by atoms with Gasteiger partial charge in [-0.05, 0) is 31.2 Å². The third-order valence-electron chi connectivity index (χ3n) is 2.90. The quantitative estimate of drug-likeness (QED) is 0.600. The van der Waals surface area contributed by atoms with Gasteiger partial charge in [0, 0.05) is 6.61 Å². The average molecular weight is 268 g/mol. The van der Waals surface area contributed by atoms with Gasteiger partial charge in [0.2, 0.25) is 0 Å². The number of aliphatic hydroxyl groups excluding tert-OH is 1. The highest BCUT2D eigenvalue weighted by Crippen LogP contribution is 2.31. The molecule has 0 saturated heterocycles. The lowest BCUT2D eigenvalue weighted by Crippen LogP contribution is -2.26. The van der Waals surface area contributed by atoms with Crippen molar-refractivity contribution in [3.05, 3.63) is 35.9 Å². The van der Waals surface area contributed by atoms with Crippen LogP contribution in [0, 0.1) is 5.92 Å². The van der Waals surface area contributed by atoms with Crippen LogP contribution in [0.1, 0.15) is 52.5 Å². The lowest BCUT2D eigenvalue weighted by Gasteiger charge is -2.28. The summed E-state index contributed by atoms with van der Waals surface area (Å²) in [5.74, 6) is 0.479. The van der Waals surface area contributed by atoms with E-state index in [4.69, 9.17) is 10.4 Å². The minimum absolute atomic E-state index is 0.344. The summed E-state index contributed by atoms with van der Waals surface area (Å²) in [7, 11) is 0. The first-order chi connectivity index (χ1) is 9.00. The van der Waals surface area contributed by atoms with Crippen LogP contribution < -0.4 is 0 Å². The van der Waals surface area contributed by atoms with Crippen molar-refractivity contribution >= 4 is 0 Å². The lowest BCUT2D eigenvalue weighted by atomic mass is 9.87. The molecule has 0 radical (unpaired) electrons. The topological polar surface area (TPSA) is 49.7 Å². The first-order valence-electron chi connectivity index (χ1n) is 6.99. The fraction of sp³-hybridized carbons (Fsp3) is 0.625. The first-order valence-corrected chi connectivity index (χ1v) is 6.99. The molecule has 0 bridgehead atoms. The fourth-order valence-electron chi connectivity index (χ4n) is 1.94. The number of rotatable bonds is 6. The Kier molecular flexibility index (Phi) is 9.48. The molecule has 0 heterocycles. The summed E-state index contributed by atoms with van der Waals surface area (Å²) in [6.45, 7) is 8.52. The molecule has 110 valence electrons. The standard InChI is InChI=1S/C12H18O2.C4H10O/c1-10(2)9-12(3,14-13)11-7-5-4-6-8-11;1-2-3-4-5/h4-8,10,13H,9H2,1-3H3;5H,2-4H2,1H3. The molecule has 2 N–H and O–H groups in total. The molecule has 0 spiro atoms. The number of hydrogen-bond acceptors (Lipinski definition) is 3. The molecule has 1 unspecified atom stereocenters. The number of unbranched alkanes of at least 4 members (excludes halogenated alkanes) is 1. The zero-order valence-electron chi connectivity index (χ0n) is 12.6. The van der Waals surface area contributed by atoms with E-state index in [1.54, 1.807) is 0 Å². The second-order valence-electron chi connectivity index (χ2n) is 5.36. The van der Waals surface area contributed by atoms with Crippen LogP contribution in [0.5, 0.6) is 0 Å². The summed E-state index contributed by atoms with van der Waals surface area (Å²) in [5.41, 5.74) is 0.423. The van der Waals surface area contributed by atoms with E-state index in [-0.39, 0.29) is 0 Å². The summed E-state index contributed by atoms with van der Waals surface area (Å²) in [6.07, 6.45) is 2.84. The van der Waals surface area contributed by atoms with Crippen LogP contribution in [-0.4, -0.2) is 17.0 Å². The van der Waals surface area contributed by atoms with Crippen LogP contribution in [0.25, 0.3) is 0 Å². The third-order valence-corrected chi connectivity index (χ3v) is 2.90. The van der Waals surface area contributed by atoms with Crippen LogP contribution in [0.4, 0.5) is 0 Å². The highest BCUT2D eigenvalue weighted by Gasteiger charge is 2.28. The number of aliphatic hydroxyl groups is 1. The fourth-order valence-corrected chi connectivity index (χ4v) is 1.94. The van der Waals surface area contributed by atoms with E-state index in [9.17, 15) is 0 Å². The Morgan fingerprint density at radius 1 is 1.21 bits per heavy atom. The maximum Gasteiger partial charge on any atom is 0.126 e. The van der Waals surface area contributed by atoms with Crippen LogP contribution in [0.15, 0.2) is 30.3 Å². The van der Waals surface area contributed by atoms with Gasteiger partial charge in [-0.15, -0.1) is 0 Å². The Balaban J connectivity index is 0.000000555. The van der Waals surface area contributed by atoms with Gasteiger partial charge in [-0.2, -0.15) is 0 Å². The molecule has 0 aliphatic carbocycles. The van der Waals surface area contributed by atoms with Gasteiger partial charge in [-0.1, -0.05) is 57.5 Å². The van der Waals surface area contributed by atoms with Crippen molar-refractivity contribution in [2.75, 3.05) is 6.61 Å². The Morgan fingerprint density at radius 2 is 1.79 bits per heavy atom. The van der Waals surface area contributed by atoms with Gasteiger partial charge in [-0.3, -0.25) is 5.26 Å². The molecule has 1 aromatic rings. The van der Waals surface area contributed by atoms with Crippen molar-refractivity contribution in [3.8, 4) is 0 Å². The van der Waals surface area contributed by atoms with Gasteiger partial charge in [0.05, 0.1) is 0 Å². The van der Waals surface area contributed by atoms with Crippen molar-refractivity contribution in [1.29, 1.82) is 0 Å². The molecule has 0 fully saturated rings. The van der Waals surface area contributed by atoms with Crippen LogP contribution >= 0.6 is 0 Å². The summed E-state index contributed by atoms with van der Waals surface area (Å²) >= 11 is 0. The SMILES string of the molecule is CC(C)CC(C)(OO)c1ccccc1.CCCCO. The zero-order valence-corrected chi connectivity index (χ0v) is 12.6. The highest BCUT2D eigenvalue weighted by atomic mass is 17.1. The average Bonchev–Trinajstić information content (AvgIpc) is 2.40. The van der Waals surface area contributed by atoms with Gasteiger partial charge in [0.15, 0.2) is 0 Å². The van der Waals surface area contributed by atoms with Crippen LogP contribution in [0.2, 0.25) is 0 Å². The van der Waals surface area contributed by atoms with E-state index in [0.717, 1.165) is 24.8 Å². The van der Waals surface area contributed by atoms with Gasteiger partial charge >= 0.3 is 0 Å². The maximum absolute atomic E-state index is 8.99. The molecule has 3 heteroatoms. The molecule has 0 aromatic heterocycles. The Bertz CT molecular complexity index is 309. The number of hydrogen-bond donors (Lipinski definition) is 2. The molecule has 19 heavy (non-hydrogen) atoms. The molecule has 0 amide bonds. The maximum atomic E-state index is 8.99. The second kappa shape index (κ2) is 9.96. The van der Waals surface area contributed by atoms with Crippen molar-refractivity contribution in [2.24, 2.45) is 5.92 Å². The highest BCUT2D eigenvalue weighted by molar-refractivity contribution is 5.21. The predicted molar refractivity (Wildman–Crippen MR) is 79.0 cm³/mol. The molecule has 1 aromatic carbocycles. The Hall–Kier alpha value is -0.900. The van der Waals surface area contributed by atoms with E-state index in [1.807, 2.05) is 37.3 Å². The second-order valence-corrected chi connectivity index (χ2v) is 5.36. The van der Waals surface area contributed by atoms with Crippen LogP contribution in [-0.2, 0) is 10.5 Å². The monoisotopic (exact) mass is 268 g/mol. The molecule has 0 saturated carbocycles. The number of benzene rings is 1. The third kappa shape index (κ3) is 7.31. The summed E-state index contributed by atoms with van der Waals surface area (Å²) in [6, 6.07) is 9.80. The summed E-state index contributed by atoms with van der Waals surface area (Å²) in [4.78, 5) is 4.63. The van der Waals surface area contributed by atoms with Crippen molar-refractivity contribution in [3.63, 3.8) is 0 Å². The molecule has 3 nitrogen and oxygen atoms in total. The van der Waals surface area contributed by atoms with Gasteiger partial charge in [0.1, 0.15) is 5.60 Å². The zero-order chi connectivity index (χ0) is 14.7. The van der Waals surface area contributed by atoms with Crippen molar-refractivity contribution in [1.82, 2.24) is 0 Å². The van der Waals surface area contributed by atoms with E-state index in [1.165, 1.54) is 0 Å². The van der Waals surface area contributed by atoms with Gasteiger partial charge in [0.25, 0.3) is 0 Å². The minimum Gasteiger partial charge on any atom is -0.396 e. The molecule has 0 aliphatic rings.